The fourth-order valence-corrected chi connectivity index (χ4v) is 15.0. The number of alkyl halides is 3. The van der Waals surface area contributed by atoms with Crippen molar-refractivity contribution in [2.24, 2.45) is 0 Å². The number of hydrogen-bond acceptors (Lipinski definition) is 28. The minimum absolute atomic E-state index is 0.0240. The highest BCUT2D eigenvalue weighted by atomic mass is 35.6. The van der Waals surface area contributed by atoms with Gasteiger partial charge in [-0.3, -0.25) is 19.2 Å². The van der Waals surface area contributed by atoms with Gasteiger partial charge in [-0.25, -0.2) is 9.59 Å². The molecule has 4 heterocycles. The van der Waals surface area contributed by atoms with Gasteiger partial charge in [0, 0.05) is 34.2 Å². The molecule has 4 saturated heterocycles. The average molecular weight is 1830 g/mol. The highest BCUT2D eigenvalue weighted by Gasteiger charge is 2.61. The predicted molar refractivity (Wildman–Crippen MR) is 461 cm³/mol. The largest absolute Gasteiger partial charge is 0.463 e. The topological polar surface area (TPSA) is 341 Å². The molecule has 2 amide bonds. The van der Waals surface area contributed by atoms with Crippen LogP contribution in [-0.2, 0) is 172 Å². The van der Waals surface area contributed by atoms with Crippen molar-refractivity contribution in [2.45, 2.75) is 214 Å². The third-order valence-electron chi connectivity index (χ3n) is 20.7. The van der Waals surface area contributed by atoms with Gasteiger partial charge in [-0.05, 0) is 50.9 Å². The second-order valence-electron chi connectivity index (χ2n) is 30.6. The third kappa shape index (κ3) is 30.8. The van der Waals surface area contributed by atoms with Crippen LogP contribution in [0.3, 0.4) is 0 Å². The van der Waals surface area contributed by atoms with Crippen LogP contribution in [0.4, 0.5) is 9.59 Å². The number of ether oxygens (including phenoxy) is 21. The van der Waals surface area contributed by atoms with Gasteiger partial charge in [0.15, 0.2) is 43.5 Å². The fourth-order valence-electron chi connectivity index (χ4n) is 14.8. The van der Waals surface area contributed by atoms with Crippen molar-refractivity contribution in [1.82, 2.24) is 10.6 Å². The van der Waals surface area contributed by atoms with Gasteiger partial charge >= 0.3 is 36.1 Å². The lowest BCUT2D eigenvalue weighted by molar-refractivity contribution is -0.392. The maximum atomic E-state index is 15.5. The smallest absolute Gasteiger partial charge is 0.407 e. The summed E-state index contributed by atoms with van der Waals surface area (Å²) >= 11 is 19.2. The number of halogens is 3. The molecule has 8 aromatic carbocycles. The normalized spacial score (nSPS) is 25.8. The lowest BCUT2D eigenvalue weighted by Gasteiger charge is -2.53. The van der Waals surface area contributed by atoms with E-state index in [0.717, 1.165) is 43.0 Å². The Balaban J connectivity index is 1.04. The second kappa shape index (κ2) is 50.6. The number of rotatable bonds is 44. The Morgan fingerprint density at radius 1 is 0.328 bits per heavy atom. The average Bonchev–Trinajstić information content (AvgIpc) is 0.750. The summed E-state index contributed by atoms with van der Waals surface area (Å²) in [6.45, 7) is 1.10. The van der Waals surface area contributed by atoms with Gasteiger partial charge in [-0.15, -0.1) is 0 Å². The van der Waals surface area contributed by atoms with Crippen molar-refractivity contribution in [1.29, 1.82) is 0 Å². The van der Waals surface area contributed by atoms with E-state index in [0.29, 0.717) is 22.3 Å². The molecule has 0 aliphatic carbocycles. The molecule has 4 aliphatic rings. The number of aliphatic hydroxyl groups excluding tert-OH is 1. The van der Waals surface area contributed by atoms with Gasteiger partial charge in [0.1, 0.15) is 99.1 Å². The molecule has 0 bridgehead atoms. The van der Waals surface area contributed by atoms with Crippen LogP contribution in [0.15, 0.2) is 243 Å². The lowest BCUT2D eigenvalue weighted by Crippen LogP contribution is -2.72. The maximum absolute atomic E-state index is 15.5. The summed E-state index contributed by atoms with van der Waals surface area (Å²) in [6.07, 6.45) is -33.3. The van der Waals surface area contributed by atoms with E-state index in [-0.39, 0.29) is 85.6 Å². The summed E-state index contributed by atoms with van der Waals surface area (Å²) in [6, 6.07) is 71.6. The minimum atomic E-state index is -2.26. The molecule has 3 N–H and O–H groups in total. The number of aliphatic hydroxyl groups is 1. The van der Waals surface area contributed by atoms with Crippen molar-refractivity contribution < 1.29 is 133 Å². The second-order valence-corrected chi connectivity index (χ2v) is 33.1. The number of amides is 2. The molecule has 0 unspecified atom stereocenters. The van der Waals surface area contributed by atoms with Crippen LogP contribution in [0.2, 0.25) is 0 Å². The van der Waals surface area contributed by atoms with Crippen LogP contribution in [0.5, 0.6) is 0 Å². The minimum Gasteiger partial charge on any atom is -0.463 e. The van der Waals surface area contributed by atoms with Crippen molar-refractivity contribution in [3.63, 3.8) is 0 Å². The van der Waals surface area contributed by atoms with E-state index < -0.39 is 182 Å². The number of alkyl carbamates (subject to hydrolysis) is 2. The standard InChI is InChI=1S/C95H107Cl3N2O28/c1-61(101)112-59-76-81(119-62(2)102)85(88(121-64(4)104)90(124-76)111-47-29-46-99-93(106)117-55-72-44-27-12-28-45-72)128-89-77(100-94(107)118-60-95(96,97)98)82(127-92-87(120-63(3)103)84(115-53-70-40-23-10-24-41-70)79(113-51-68-36-19-8-20-37-68)74(125-92)57-109-49-66-32-15-6-16-33-66)80(75(123-89)58-110-50-67-34-17-7-18-35-67)126-91-86(116-54-71-42-25-11-26-43-71)83(114-52-69-38-21-9-22-39-69)78(105)73(122-91)56-108-48-65-30-13-5-14-31-65/h5-28,30-45,73-92,105H,29,46-60H2,1-4H3,(H,99,106)(H,100,107)/t73-,74-,75-,76-,77-,78-,79-,80+,81-,82-,83+,84+,85+,86-,87-,88+,89+,90+,91-,92+/m1/s1. The lowest BCUT2D eigenvalue weighted by atomic mass is 9.93. The van der Waals surface area contributed by atoms with Gasteiger partial charge in [-0.1, -0.05) is 277 Å². The molecular formula is C95H107Cl3N2O28. The number of carbonyl (C=O) groups excluding carboxylic acids is 6. The molecule has 686 valence electrons. The van der Waals surface area contributed by atoms with E-state index in [1.165, 1.54) is 6.92 Å². The van der Waals surface area contributed by atoms with Crippen molar-refractivity contribution in [3.05, 3.63) is 287 Å². The van der Waals surface area contributed by atoms with Gasteiger partial charge < -0.3 is 115 Å². The van der Waals surface area contributed by atoms with Gasteiger partial charge in [-0.2, -0.15) is 0 Å². The molecular weight excluding hydrogens is 1720 g/mol. The van der Waals surface area contributed by atoms with E-state index >= 15 is 4.79 Å². The van der Waals surface area contributed by atoms with E-state index in [9.17, 15) is 29.1 Å². The number of benzene rings is 8. The van der Waals surface area contributed by atoms with Crippen molar-refractivity contribution in [3.8, 4) is 0 Å². The first-order valence-corrected chi connectivity index (χ1v) is 43.2. The molecule has 12 rings (SSSR count). The molecule has 30 nitrogen and oxygen atoms in total. The number of nitrogens with one attached hydrogen (secondary N) is 2. The van der Waals surface area contributed by atoms with Crippen molar-refractivity contribution >= 4 is 70.9 Å². The Hall–Kier alpha value is -9.59. The van der Waals surface area contributed by atoms with Gasteiger partial charge in [0.25, 0.3) is 0 Å². The number of esters is 4. The Bertz CT molecular complexity index is 4630. The van der Waals surface area contributed by atoms with E-state index in [2.05, 4.69) is 10.6 Å². The summed E-state index contributed by atoms with van der Waals surface area (Å²) in [4.78, 5) is 83.7. The molecule has 33 heteroatoms. The zero-order valence-electron chi connectivity index (χ0n) is 71.1. The van der Waals surface area contributed by atoms with Gasteiger partial charge in [0.05, 0.1) is 72.7 Å². The van der Waals surface area contributed by atoms with Crippen LogP contribution in [0.1, 0.15) is 78.6 Å². The first-order valence-electron chi connectivity index (χ1n) is 42.1. The molecule has 128 heavy (non-hydrogen) atoms. The van der Waals surface area contributed by atoms with Crippen LogP contribution in [-0.4, -0.2) is 214 Å². The van der Waals surface area contributed by atoms with Crippen LogP contribution >= 0.6 is 34.8 Å². The van der Waals surface area contributed by atoms with Crippen LogP contribution in [0, 0.1) is 0 Å². The zero-order valence-corrected chi connectivity index (χ0v) is 73.3. The highest BCUT2D eigenvalue weighted by Crippen LogP contribution is 2.41. The van der Waals surface area contributed by atoms with Crippen LogP contribution in [0.25, 0.3) is 0 Å². The Morgan fingerprint density at radius 3 is 1.13 bits per heavy atom. The van der Waals surface area contributed by atoms with E-state index in [1.807, 2.05) is 218 Å². The third-order valence-corrected chi connectivity index (χ3v) is 21.1. The summed E-state index contributed by atoms with van der Waals surface area (Å²) in [7, 11) is 0. The Morgan fingerprint density at radius 2 is 0.680 bits per heavy atom. The van der Waals surface area contributed by atoms with E-state index in [1.54, 1.807) is 24.3 Å². The molecule has 4 aliphatic heterocycles. The summed E-state index contributed by atoms with van der Waals surface area (Å²) in [5, 5.41) is 18.6. The fraction of sp³-hybridized carbons (Fsp3) is 0.432. The molecule has 8 aromatic rings. The molecule has 0 radical (unpaired) electrons. The quantitative estimate of drug-likeness (QED) is 0.0138. The SMILES string of the molecule is CC(=O)OC[C@H]1O[C@H](OCCCNC(=O)OCc2ccccc2)[C@@H](OC(C)=O)[C@@H](O[C@@H]2O[C@H](COCc3ccccc3)[C@H](O[C@H]3O[C@H](COCc4ccccc4)[C@@H](O)[C@H](OCc4ccccc4)[C@H]3OCc3ccccc3)[C@H](O[C@@H]3O[C@H](COCc4ccccc4)[C@@H](OCc4ccccc4)[C@H](OCc4ccccc4)[C@H]3OC(C)=O)[C@H]2NC(=O)OCC(Cl)(Cl)Cl)[C@@H]1OC(C)=O. The summed E-state index contributed by atoms with van der Waals surface area (Å²) < 4.78 is 139. The van der Waals surface area contributed by atoms with Gasteiger partial charge in [0.2, 0.25) is 3.79 Å². The van der Waals surface area contributed by atoms with Crippen molar-refractivity contribution in [2.75, 3.05) is 46.2 Å². The van der Waals surface area contributed by atoms with Crippen LogP contribution < -0.4 is 10.6 Å². The number of hydrogen-bond donors (Lipinski definition) is 3. The molecule has 0 aromatic heterocycles. The Kier molecular flexibility index (Phi) is 38.5. The van der Waals surface area contributed by atoms with E-state index in [4.69, 9.17) is 134 Å². The monoisotopic (exact) mass is 1830 g/mol. The first-order chi connectivity index (χ1) is 62.1. The molecule has 0 spiro atoms. The summed E-state index contributed by atoms with van der Waals surface area (Å²) in [5.41, 5.74) is 5.82. The molecule has 4 fully saturated rings. The summed E-state index contributed by atoms with van der Waals surface area (Å²) in [5.74, 6) is -3.58. The molecule has 0 saturated carbocycles. The highest BCUT2D eigenvalue weighted by molar-refractivity contribution is 6.67. The first kappa shape index (κ1) is 97.5. The Labute approximate surface area is 757 Å². The predicted octanol–water partition coefficient (Wildman–Crippen LogP) is 12.6. The zero-order chi connectivity index (χ0) is 90.0. The number of carbonyl (C=O) groups is 6. The molecule has 20 atom stereocenters. The maximum Gasteiger partial charge on any atom is 0.407 e.